The Morgan fingerprint density at radius 3 is 2.74 bits per heavy atom. The number of hydrogen-bond donors (Lipinski definition) is 1. The first kappa shape index (κ1) is 25.9. The van der Waals surface area contributed by atoms with Gasteiger partial charge in [-0.15, -0.1) is 12.4 Å². The van der Waals surface area contributed by atoms with Crippen LogP contribution in [0, 0.1) is 23.2 Å². The Labute approximate surface area is 220 Å². The third-order valence-electron chi connectivity index (χ3n) is 7.13. The van der Waals surface area contributed by atoms with Gasteiger partial charge in [0.2, 0.25) is 0 Å². The van der Waals surface area contributed by atoms with Crippen LogP contribution in [-0.4, -0.2) is 69.1 Å². The monoisotopic (exact) mass is 535 g/mol. The molecular formula is C24H28Cl3N7O. The van der Waals surface area contributed by atoms with E-state index in [4.69, 9.17) is 28.2 Å². The first-order valence-electron chi connectivity index (χ1n) is 11.7. The molecule has 35 heavy (non-hydrogen) atoms. The number of halogens is 3. The van der Waals surface area contributed by atoms with Gasteiger partial charge in [0, 0.05) is 36.2 Å². The van der Waals surface area contributed by atoms with Gasteiger partial charge in [-0.25, -0.2) is 14.6 Å². The van der Waals surface area contributed by atoms with Crippen LogP contribution < -0.4 is 4.90 Å². The summed E-state index contributed by atoms with van der Waals surface area (Å²) in [5.74, 6) is 2.06. The number of rotatable bonds is 6. The number of aromatic nitrogens is 4. The summed E-state index contributed by atoms with van der Waals surface area (Å²) >= 11 is 12.5. The summed E-state index contributed by atoms with van der Waals surface area (Å²) in [5, 5.41) is 24.5. The number of nitrogens with zero attached hydrogens (tertiary/aromatic N) is 7. The van der Waals surface area contributed by atoms with E-state index in [1.807, 2.05) is 13.0 Å². The Balaban J connectivity index is 0.00000289. The molecule has 0 amide bonds. The van der Waals surface area contributed by atoms with E-state index in [1.165, 1.54) is 12.8 Å². The van der Waals surface area contributed by atoms with Gasteiger partial charge in [0.05, 0.1) is 18.8 Å². The standard InChI is InChI=1S/C24H27Cl2N7O.ClH/c1-15(19-5-4-18(25)9-20(19)26)33-24-23(21(10-27)30-33)28-11-22(29-24)32-13-17(14-32)16-3-2-6-31(12-16)7-8-34;/h4-5,9,11,15-17,34H,2-3,6-8,12-14H2,1H3;1H/t15-,16+;/m1./s1. The van der Waals surface area contributed by atoms with E-state index in [-0.39, 0.29) is 30.7 Å². The van der Waals surface area contributed by atoms with Crippen molar-refractivity contribution < 1.29 is 5.11 Å². The molecule has 2 atom stereocenters. The van der Waals surface area contributed by atoms with Crippen LogP contribution in [0.2, 0.25) is 10.0 Å². The Morgan fingerprint density at radius 1 is 1.23 bits per heavy atom. The van der Waals surface area contributed by atoms with E-state index < -0.39 is 0 Å². The van der Waals surface area contributed by atoms with Gasteiger partial charge in [-0.1, -0.05) is 29.3 Å². The fourth-order valence-electron chi connectivity index (χ4n) is 5.19. The van der Waals surface area contributed by atoms with Gasteiger partial charge in [-0.3, -0.25) is 0 Å². The average Bonchev–Trinajstić information content (AvgIpc) is 3.16. The molecule has 4 heterocycles. The topological polar surface area (TPSA) is 94.1 Å². The molecule has 0 unspecified atom stereocenters. The zero-order valence-corrected chi connectivity index (χ0v) is 21.8. The molecule has 0 spiro atoms. The second-order valence-electron chi connectivity index (χ2n) is 9.24. The summed E-state index contributed by atoms with van der Waals surface area (Å²) in [6, 6.07) is 7.26. The number of likely N-dealkylation sites (tertiary alicyclic amines) is 1. The molecule has 186 valence electrons. The lowest BCUT2D eigenvalue weighted by atomic mass is 9.80. The van der Waals surface area contributed by atoms with Crippen LogP contribution in [0.1, 0.15) is 37.1 Å². The quantitative estimate of drug-likeness (QED) is 0.505. The molecule has 2 aliphatic rings. The molecule has 0 bridgehead atoms. The molecule has 2 aliphatic heterocycles. The second-order valence-corrected chi connectivity index (χ2v) is 10.1. The van der Waals surface area contributed by atoms with Crippen molar-refractivity contribution in [1.82, 2.24) is 24.6 Å². The molecule has 2 aromatic heterocycles. The van der Waals surface area contributed by atoms with E-state index in [0.29, 0.717) is 33.0 Å². The van der Waals surface area contributed by atoms with Crippen LogP contribution in [0.25, 0.3) is 11.2 Å². The van der Waals surface area contributed by atoms with Crippen LogP contribution in [0.3, 0.4) is 0 Å². The van der Waals surface area contributed by atoms with E-state index in [0.717, 1.165) is 44.1 Å². The average molecular weight is 537 g/mol. The molecule has 1 N–H and O–H groups in total. The summed E-state index contributed by atoms with van der Waals surface area (Å²) in [6.45, 7) is 6.97. The maximum absolute atomic E-state index is 9.60. The predicted octanol–water partition coefficient (Wildman–Crippen LogP) is 4.18. The van der Waals surface area contributed by atoms with Crippen molar-refractivity contribution in [1.29, 1.82) is 5.26 Å². The lowest BCUT2D eigenvalue weighted by molar-refractivity contribution is 0.101. The Morgan fingerprint density at radius 2 is 2.03 bits per heavy atom. The van der Waals surface area contributed by atoms with Crippen molar-refractivity contribution in [3.05, 3.63) is 45.7 Å². The van der Waals surface area contributed by atoms with Crippen LogP contribution in [0.5, 0.6) is 0 Å². The lowest BCUT2D eigenvalue weighted by Gasteiger charge is -2.47. The van der Waals surface area contributed by atoms with Crippen molar-refractivity contribution in [3.8, 4) is 6.07 Å². The number of fused-ring (bicyclic) bond motifs is 1. The van der Waals surface area contributed by atoms with Gasteiger partial charge in [0.25, 0.3) is 0 Å². The number of aliphatic hydroxyl groups is 1. The van der Waals surface area contributed by atoms with Crippen molar-refractivity contribution in [2.45, 2.75) is 25.8 Å². The van der Waals surface area contributed by atoms with E-state index in [9.17, 15) is 10.4 Å². The zero-order valence-electron chi connectivity index (χ0n) is 19.4. The third-order valence-corrected chi connectivity index (χ3v) is 7.70. The molecule has 0 saturated carbocycles. The van der Waals surface area contributed by atoms with Gasteiger partial charge in [0.1, 0.15) is 17.4 Å². The zero-order chi connectivity index (χ0) is 23.8. The molecule has 0 aliphatic carbocycles. The summed E-state index contributed by atoms with van der Waals surface area (Å²) < 4.78 is 1.73. The number of piperidine rings is 1. The highest BCUT2D eigenvalue weighted by molar-refractivity contribution is 6.35. The van der Waals surface area contributed by atoms with Crippen molar-refractivity contribution >= 4 is 52.6 Å². The maximum Gasteiger partial charge on any atom is 0.190 e. The Kier molecular flexibility index (Phi) is 8.04. The smallest absolute Gasteiger partial charge is 0.190 e. The summed E-state index contributed by atoms with van der Waals surface area (Å²) in [7, 11) is 0. The van der Waals surface area contributed by atoms with E-state index in [2.05, 4.69) is 26.0 Å². The minimum absolute atomic E-state index is 0. The van der Waals surface area contributed by atoms with Gasteiger partial charge in [0.15, 0.2) is 11.3 Å². The minimum atomic E-state index is -0.247. The second kappa shape index (κ2) is 10.9. The van der Waals surface area contributed by atoms with Crippen molar-refractivity contribution in [2.24, 2.45) is 11.8 Å². The Bertz CT molecular complexity index is 1240. The summed E-state index contributed by atoms with van der Waals surface area (Å²) in [5.41, 5.74) is 2.16. The maximum atomic E-state index is 9.60. The highest BCUT2D eigenvalue weighted by Crippen LogP contribution is 2.35. The number of anilines is 1. The van der Waals surface area contributed by atoms with Crippen LogP contribution in [0.15, 0.2) is 24.4 Å². The normalized spacial score (nSPS) is 19.7. The van der Waals surface area contributed by atoms with Crippen molar-refractivity contribution in [2.75, 3.05) is 44.2 Å². The summed E-state index contributed by atoms with van der Waals surface area (Å²) in [4.78, 5) is 14.1. The fourth-order valence-corrected chi connectivity index (χ4v) is 5.75. The molecule has 0 radical (unpaired) electrons. The first-order chi connectivity index (χ1) is 16.5. The Hall–Kier alpha value is -2.15. The highest BCUT2D eigenvalue weighted by atomic mass is 35.5. The number of benzene rings is 1. The molecule has 2 fully saturated rings. The van der Waals surface area contributed by atoms with E-state index in [1.54, 1.807) is 23.0 Å². The van der Waals surface area contributed by atoms with E-state index >= 15 is 0 Å². The first-order valence-corrected chi connectivity index (χ1v) is 12.4. The number of aliphatic hydroxyl groups excluding tert-OH is 1. The van der Waals surface area contributed by atoms with Gasteiger partial charge in [-0.05, 0) is 55.8 Å². The number of hydrogen-bond acceptors (Lipinski definition) is 7. The number of nitriles is 1. The summed E-state index contributed by atoms with van der Waals surface area (Å²) in [6.07, 6.45) is 4.17. The lowest BCUT2D eigenvalue weighted by Crippen LogP contribution is -2.54. The highest BCUT2D eigenvalue weighted by Gasteiger charge is 2.36. The molecule has 8 nitrogen and oxygen atoms in total. The molecular weight excluding hydrogens is 509 g/mol. The third kappa shape index (κ3) is 5.07. The predicted molar refractivity (Wildman–Crippen MR) is 140 cm³/mol. The molecule has 2 saturated heterocycles. The minimum Gasteiger partial charge on any atom is -0.395 e. The molecule has 11 heteroatoms. The van der Waals surface area contributed by atoms with Gasteiger partial charge in [-0.2, -0.15) is 10.4 Å². The number of β-amino-alcohol motifs (C(OH)–C–C–N with tert-alkyl or cyclic N) is 1. The van der Waals surface area contributed by atoms with Crippen LogP contribution in [-0.2, 0) is 0 Å². The molecule has 1 aromatic carbocycles. The SMILES string of the molecule is C[C@H](c1ccc(Cl)cc1Cl)n1nc(C#N)c2ncc(N3CC([C@H]4CCCN(CCO)C4)C3)nc21.Cl. The van der Waals surface area contributed by atoms with Crippen molar-refractivity contribution in [3.63, 3.8) is 0 Å². The van der Waals surface area contributed by atoms with Gasteiger partial charge >= 0.3 is 0 Å². The van der Waals surface area contributed by atoms with Crippen LogP contribution >= 0.6 is 35.6 Å². The van der Waals surface area contributed by atoms with Crippen LogP contribution in [0.4, 0.5) is 5.82 Å². The fraction of sp³-hybridized carbons (Fsp3) is 0.500. The molecule has 5 rings (SSSR count). The molecule has 3 aromatic rings. The van der Waals surface area contributed by atoms with Gasteiger partial charge < -0.3 is 14.9 Å². The largest absolute Gasteiger partial charge is 0.395 e.